The summed E-state index contributed by atoms with van der Waals surface area (Å²) >= 11 is 0. The number of carboxylic acid groups (broad SMARTS) is 1. The summed E-state index contributed by atoms with van der Waals surface area (Å²) in [7, 11) is 0. The fourth-order valence-corrected chi connectivity index (χ4v) is 5.18. The second-order valence-corrected chi connectivity index (χ2v) is 8.55. The molecule has 2 aliphatic rings. The zero-order valence-corrected chi connectivity index (χ0v) is 17.2. The van der Waals surface area contributed by atoms with Gasteiger partial charge < -0.3 is 15.3 Å². The molecule has 0 radical (unpaired) electrons. The first-order valence-electron chi connectivity index (χ1n) is 10.7. The molecule has 0 aromatic heterocycles. The Morgan fingerprint density at radius 1 is 1.00 bits per heavy atom. The SMILES string of the molecule is O=C(O)N(Cc1ccccc1)C[C@@H]1C[C@@H]2c3ccccc3Cc3ccc(F)cc3[C@H]2N1. The third-order valence-corrected chi connectivity index (χ3v) is 6.56. The predicted molar refractivity (Wildman–Crippen MR) is 118 cm³/mol. The van der Waals surface area contributed by atoms with Gasteiger partial charge >= 0.3 is 6.09 Å². The van der Waals surface area contributed by atoms with Crippen LogP contribution in [0.15, 0.2) is 72.8 Å². The van der Waals surface area contributed by atoms with Gasteiger partial charge in [-0.2, -0.15) is 0 Å². The van der Waals surface area contributed by atoms with Gasteiger partial charge in [0.25, 0.3) is 0 Å². The lowest BCUT2D eigenvalue weighted by atomic mass is 9.87. The standard InChI is InChI=1S/C26H25FN2O2/c27-20-11-10-19-12-18-8-4-5-9-22(18)24-14-21(28-25(24)23(19)13-20)16-29(26(30)31)15-17-6-2-1-3-7-17/h1-11,13,21,24-25,28H,12,14-16H2,(H,30,31)/t21-,24+,25+/m0/s1. The van der Waals surface area contributed by atoms with E-state index in [1.165, 1.54) is 22.1 Å². The molecule has 3 atom stereocenters. The van der Waals surface area contributed by atoms with E-state index in [0.29, 0.717) is 13.1 Å². The Bertz CT molecular complexity index is 1100. The largest absolute Gasteiger partial charge is 0.465 e. The Morgan fingerprint density at radius 2 is 1.74 bits per heavy atom. The molecule has 158 valence electrons. The zero-order valence-electron chi connectivity index (χ0n) is 17.2. The number of nitrogens with zero attached hydrogens (tertiary/aromatic N) is 1. The maximum Gasteiger partial charge on any atom is 0.407 e. The van der Waals surface area contributed by atoms with Gasteiger partial charge in [-0.05, 0) is 52.8 Å². The van der Waals surface area contributed by atoms with E-state index in [9.17, 15) is 14.3 Å². The highest BCUT2D eigenvalue weighted by atomic mass is 19.1. The molecule has 3 aromatic rings. The van der Waals surface area contributed by atoms with E-state index in [1.807, 2.05) is 42.5 Å². The summed E-state index contributed by atoms with van der Waals surface area (Å²) in [6.45, 7) is 0.746. The van der Waals surface area contributed by atoms with Gasteiger partial charge in [-0.15, -0.1) is 0 Å². The molecule has 1 heterocycles. The molecule has 0 saturated carbocycles. The highest BCUT2D eigenvalue weighted by molar-refractivity contribution is 5.65. The second-order valence-electron chi connectivity index (χ2n) is 8.55. The third kappa shape index (κ3) is 3.93. The molecule has 1 amide bonds. The number of rotatable bonds is 4. The number of nitrogens with one attached hydrogen (secondary N) is 1. The molecule has 4 nitrogen and oxygen atoms in total. The molecule has 1 aliphatic carbocycles. The minimum atomic E-state index is -0.926. The average molecular weight is 416 g/mol. The van der Waals surface area contributed by atoms with Crippen molar-refractivity contribution in [1.29, 1.82) is 0 Å². The normalized spacial score (nSPS) is 21.5. The minimum Gasteiger partial charge on any atom is -0.465 e. The van der Waals surface area contributed by atoms with Crippen molar-refractivity contribution < 1.29 is 14.3 Å². The van der Waals surface area contributed by atoms with Crippen LogP contribution in [0.5, 0.6) is 0 Å². The number of hydrogen-bond donors (Lipinski definition) is 2. The molecular weight excluding hydrogens is 391 g/mol. The number of benzene rings is 3. The molecule has 5 rings (SSSR count). The van der Waals surface area contributed by atoms with E-state index in [-0.39, 0.29) is 23.8 Å². The summed E-state index contributed by atoms with van der Waals surface area (Å²) in [5.74, 6) is -0.0402. The summed E-state index contributed by atoms with van der Waals surface area (Å²) in [4.78, 5) is 13.4. The first-order chi connectivity index (χ1) is 15.1. The van der Waals surface area contributed by atoms with E-state index in [1.54, 1.807) is 6.07 Å². The summed E-state index contributed by atoms with van der Waals surface area (Å²) in [6, 6.07) is 23.1. The number of amides is 1. The van der Waals surface area contributed by atoms with Crippen LogP contribution in [0, 0.1) is 5.82 Å². The Labute approximate surface area is 181 Å². The van der Waals surface area contributed by atoms with Crippen LogP contribution in [0.2, 0.25) is 0 Å². The number of halogens is 1. The van der Waals surface area contributed by atoms with E-state index >= 15 is 0 Å². The van der Waals surface area contributed by atoms with Crippen molar-refractivity contribution in [2.24, 2.45) is 0 Å². The molecule has 0 spiro atoms. The Morgan fingerprint density at radius 3 is 2.55 bits per heavy atom. The molecule has 5 heteroatoms. The van der Waals surface area contributed by atoms with Crippen LogP contribution >= 0.6 is 0 Å². The van der Waals surface area contributed by atoms with Gasteiger partial charge in [-0.3, -0.25) is 0 Å². The van der Waals surface area contributed by atoms with Crippen LogP contribution < -0.4 is 5.32 Å². The first kappa shape index (κ1) is 19.8. The maximum absolute atomic E-state index is 14.2. The molecular formula is C26H25FN2O2. The number of hydrogen-bond acceptors (Lipinski definition) is 2. The van der Waals surface area contributed by atoms with Crippen LogP contribution in [0.1, 0.15) is 46.2 Å². The van der Waals surface area contributed by atoms with Gasteiger partial charge in [0.05, 0.1) is 0 Å². The molecule has 31 heavy (non-hydrogen) atoms. The van der Waals surface area contributed by atoms with Gasteiger partial charge in [0, 0.05) is 31.1 Å². The second kappa shape index (κ2) is 8.16. The highest BCUT2D eigenvalue weighted by Gasteiger charge is 2.40. The molecule has 1 fully saturated rings. The van der Waals surface area contributed by atoms with Crippen LogP contribution in [-0.2, 0) is 13.0 Å². The van der Waals surface area contributed by atoms with Crippen molar-refractivity contribution in [1.82, 2.24) is 10.2 Å². The van der Waals surface area contributed by atoms with E-state index in [2.05, 4.69) is 23.5 Å². The third-order valence-electron chi connectivity index (χ3n) is 6.56. The summed E-state index contributed by atoms with van der Waals surface area (Å²) in [5.41, 5.74) is 5.64. The molecule has 1 aliphatic heterocycles. The van der Waals surface area contributed by atoms with Crippen molar-refractivity contribution >= 4 is 6.09 Å². The van der Waals surface area contributed by atoms with Crippen LogP contribution in [0.3, 0.4) is 0 Å². The average Bonchev–Trinajstić information content (AvgIpc) is 3.14. The molecule has 3 aromatic carbocycles. The molecule has 2 N–H and O–H groups in total. The maximum atomic E-state index is 14.2. The van der Waals surface area contributed by atoms with Crippen molar-refractivity contribution in [3.8, 4) is 0 Å². The topological polar surface area (TPSA) is 52.6 Å². The fourth-order valence-electron chi connectivity index (χ4n) is 5.18. The van der Waals surface area contributed by atoms with Gasteiger partial charge in [-0.1, -0.05) is 60.7 Å². The first-order valence-corrected chi connectivity index (χ1v) is 10.7. The van der Waals surface area contributed by atoms with Crippen molar-refractivity contribution in [2.45, 2.75) is 37.4 Å². The van der Waals surface area contributed by atoms with Crippen LogP contribution in [0.4, 0.5) is 9.18 Å². The lowest BCUT2D eigenvalue weighted by Crippen LogP contribution is -2.40. The summed E-state index contributed by atoms with van der Waals surface area (Å²) in [5, 5.41) is 13.5. The Balaban J connectivity index is 1.44. The van der Waals surface area contributed by atoms with Gasteiger partial charge in [0.15, 0.2) is 0 Å². The summed E-state index contributed by atoms with van der Waals surface area (Å²) in [6.07, 6.45) is 0.681. The zero-order chi connectivity index (χ0) is 21.4. The van der Waals surface area contributed by atoms with Crippen LogP contribution in [-0.4, -0.2) is 28.7 Å². The van der Waals surface area contributed by atoms with E-state index < -0.39 is 6.09 Å². The van der Waals surface area contributed by atoms with E-state index in [4.69, 9.17) is 0 Å². The van der Waals surface area contributed by atoms with Crippen molar-refractivity contribution in [3.63, 3.8) is 0 Å². The van der Waals surface area contributed by atoms with Crippen LogP contribution in [0.25, 0.3) is 0 Å². The van der Waals surface area contributed by atoms with Gasteiger partial charge in [0.2, 0.25) is 0 Å². The lowest BCUT2D eigenvalue weighted by molar-refractivity contribution is 0.137. The lowest BCUT2D eigenvalue weighted by Gasteiger charge is -2.24. The van der Waals surface area contributed by atoms with E-state index in [0.717, 1.165) is 29.5 Å². The Hall–Kier alpha value is -3.18. The smallest absolute Gasteiger partial charge is 0.407 e. The van der Waals surface area contributed by atoms with Crippen molar-refractivity contribution in [3.05, 3.63) is 106 Å². The quantitative estimate of drug-likeness (QED) is 0.622. The predicted octanol–water partition coefficient (Wildman–Crippen LogP) is 5.10. The highest BCUT2D eigenvalue weighted by Crippen LogP contribution is 2.45. The minimum absolute atomic E-state index is 0.00270. The molecule has 0 bridgehead atoms. The number of fused-ring (bicyclic) bond motifs is 5. The number of carbonyl (C=O) groups is 1. The molecule has 1 saturated heterocycles. The molecule has 0 unspecified atom stereocenters. The Kier molecular flexibility index (Phi) is 5.20. The monoisotopic (exact) mass is 416 g/mol. The van der Waals surface area contributed by atoms with Gasteiger partial charge in [-0.25, -0.2) is 9.18 Å². The summed E-state index contributed by atoms with van der Waals surface area (Å²) < 4.78 is 14.2. The fraction of sp³-hybridized carbons (Fsp3) is 0.269. The van der Waals surface area contributed by atoms with Crippen molar-refractivity contribution in [2.75, 3.05) is 6.54 Å². The van der Waals surface area contributed by atoms with Gasteiger partial charge in [0.1, 0.15) is 5.82 Å².